The zero-order chi connectivity index (χ0) is 14.4. The number of fused-ring (bicyclic) bond motifs is 1. The van der Waals surface area contributed by atoms with Crippen LogP contribution < -0.4 is 5.32 Å². The van der Waals surface area contributed by atoms with E-state index >= 15 is 0 Å². The number of carbonyl (C=O) groups excluding carboxylic acids is 1. The van der Waals surface area contributed by atoms with Gasteiger partial charge in [-0.3, -0.25) is 4.79 Å². The molecule has 3 nitrogen and oxygen atoms in total. The molecule has 1 fully saturated rings. The van der Waals surface area contributed by atoms with Gasteiger partial charge in [0.15, 0.2) is 0 Å². The Morgan fingerprint density at radius 3 is 2.75 bits per heavy atom. The largest absolute Gasteiger partial charge is 0.303 e. The number of hydrogen-bond acceptors (Lipinski definition) is 3. The average Bonchev–Trinajstić information content (AvgIpc) is 2.47. The molecule has 0 bridgehead atoms. The van der Waals surface area contributed by atoms with Gasteiger partial charge < -0.3 is 10.2 Å². The van der Waals surface area contributed by atoms with Crippen molar-refractivity contribution in [3.8, 4) is 0 Å². The normalized spacial score (nSPS) is 25.2. The minimum Gasteiger partial charge on any atom is -0.303 e. The van der Waals surface area contributed by atoms with E-state index in [0.29, 0.717) is 5.37 Å². The molecule has 114 valence electrons. The standard InChI is InChI=1S/C16H28N2OS/c1-3-5-7-9-13-11-18-15(19)14(16(18)20-12-13)17-10-8-6-4-2/h11,14,16-17H,3-10,12H2,1-2H3/t14?,16-/m0/s1. The molecule has 0 aliphatic carbocycles. The van der Waals surface area contributed by atoms with E-state index < -0.39 is 0 Å². The summed E-state index contributed by atoms with van der Waals surface area (Å²) in [6, 6.07) is 0.0605. The Morgan fingerprint density at radius 2 is 2.00 bits per heavy atom. The van der Waals surface area contributed by atoms with E-state index in [9.17, 15) is 4.79 Å². The number of nitrogens with zero attached hydrogens (tertiary/aromatic N) is 1. The molecular formula is C16H28N2OS. The molecule has 0 aromatic carbocycles. The molecule has 1 N–H and O–H groups in total. The zero-order valence-electron chi connectivity index (χ0n) is 12.9. The summed E-state index contributed by atoms with van der Waals surface area (Å²) in [5.41, 5.74) is 1.44. The number of carbonyl (C=O) groups is 1. The van der Waals surface area contributed by atoms with E-state index in [2.05, 4.69) is 25.4 Å². The minimum atomic E-state index is 0.0605. The van der Waals surface area contributed by atoms with Crippen molar-refractivity contribution in [3.63, 3.8) is 0 Å². The first-order valence-corrected chi connectivity index (χ1v) is 9.19. The molecule has 0 radical (unpaired) electrons. The molecule has 2 aliphatic heterocycles. The van der Waals surface area contributed by atoms with E-state index in [4.69, 9.17) is 0 Å². The third kappa shape index (κ3) is 3.79. The molecule has 4 heteroatoms. The van der Waals surface area contributed by atoms with Crippen LogP contribution in [0.25, 0.3) is 0 Å². The number of nitrogens with one attached hydrogen (secondary N) is 1. The number of unbranched alkanes of at least 4 members (excludes halogenated alkanes) is 4. The first-order valence-electron chi connectivity index (χ1n) is 8.14. The Bertz CT molecular complexity index is 356. The van der Waals surface area contributed by atoms with Gasteiger partial charge in [-0.2, -0.15) is 0 Å². The lowest BCUT2D eigenvalue weighted by Crippen LogP contribution is -2.67. The summed E-state index contributed by atoms with van der Waals surface area (Å²) < 4.78 is 0. The van der Waals surface area contributed by atoms with Gasteiger partial charge in [-0.15, -0.1) is 11.8 Å². The van der Waals surface area contributed by atoms with Crippen LogP contribution in [-0.2, 0) is 4.79 Å². The topological polar surface area (TPSA) is 32.3 Å². The van der Waals surface area contributed by atoms with Crippen LogP contribution in [0.5, 0.6) is 0 Å². The summed E-state index contributed by atoms with van der Waals surface area (Å²) in [6.45, 7) is 5.41. The second kappa shape index (κ2) is 8.08. The molecule has 1 unspecified atom stereocenters. The van der Waals surface area contributed by atoms with Crippen LogP contribution in [-0.4, -0.2) is 34.5 Å². The first-order chi connectivity index (χ1) is 9.77. The molecule has 20 heavy (non-hydrogen) atoms. The van der Waals surface area contributed by atoms with Crippen LogP contribution in [0.2, 0.25) is 0 Å². The van der Waals surface area contributed by atoms with E-state index in [1.807, 2.05) is 16.7 Å². The van der Waals surface area contributed by atoms with Gasteiger partial charge in [0.25, 0.3) is 0 Å². The summed E-state index contributed by atoms with van der Waals surface area (Å²) in [5, 5.41) is 3.78. The van der Waals surface area contributed by atoms with Crippen molar-refractivity contribution in [2.45, 2.75) is 70.2 Å². The summed E-state index contributed by atoms with van der Waals surface area (Å²) in [5.74, 6) is 1.37. The fourth-order valence-corrected chi connectivity index (χ4v) is 4.12. The average molecular weight is 296 g/mol. The Labute approximate surface area is 127 Å². The monoisotopic (exact) mass is 296 g/mol. The van der Waals surface area contributed by atoms with Crippen molar-refractivity contribution in [1.29, 1.82) is 0 Å². The number of β-lactam (4-membered cyclic amide) rings is 1. The van der Waals surface area contributed by atoms with Gasteiger partial charge in [0.2, 0.25) is 5.91 Å². The molecule has 0 spiro atoms. The SMILES string of the molecule is CCCCCNC1C(=O)N2C=C(CCCCC)CS[C@@H]12. The Balaban J connectivity index is 1.75. The number of rotatable bonds is 9. The third-order valence-corrected chi connectivity index (χ3v) is 5.47. The van der Waals surface area contributed by atoms with Crippen molar-refractivity contribution >= 4 is 17.7 Å². The van der Waals surface area contributed by atoms with Gasteiger partial charge in [0.05, 0.1) is 0 Å². The molecule has 2 heterocycles. The second-order valence-electron chi connectivity index (χ2n) is 5.83. The molecule has 2 atom stereocenters. The maximum absolute atomic E-state index is 12.1. The Kier molecular flexibility index (Phi) is 6.43. The molecule has 2 rings (SSSR count). The lowest BCUT2D eigenvalue weighted by atomic mass is 10.0. The smallest absolute Gasteiger partial charge is 0.247 e. The third-order valence-electron chi connectivity index (χ3n) is 4.09. The Hall–Kier alpha value is -0.480. The van der Waals surface area contributed by atoms with Crippen LogP contribution in [0.1, 0.15) is 58.8 Å². The highest BCUT2D eigenvalue weighted by molar-refractivity contribution is 8.00. The highest BCUT2D eigenvalue weighted by atomic mass is 32.2. The van der Waals surface area contributed by atoms with Crippen molar-refractivity contribution in [1.82, 2.24) is 10.2 Å². The predicted molar refractivity (Wildman–Crippen MR) is 86.6 cm³/mol. The fourth-order valence-electron chi connectivity index (χ4n) is 2.79. The lowest BCUT2D eigenvalue weighted by Gasteiger charge is -2.47. The van der Waals surface area contributed by atoms with E-state index in [0.717, 1.165) is 18.7 Å². The summed E-state index contributed by atoms with van der Waals surface area (Å²) in [4.78, 5) is 14.1. The van der Waals surface area contributed by atoms with Crippen molar-refractivity contribution < 1.29 is 4.79 Å². The van der Waals surface area contributed by atoms with E-state index in [1.54, 1.807) is 0 Å². The molecule has 0 saturated carbocycles. The molecule has 1 amide bonds. The van der Waals surface area contributed by atoms with E-state index in [1.165, 1.54) is 44.1 Å². The number of hydrogen-bond donors (Lipinski definition) is 1. The van der Waals surface area contributed by atoms with Crippen LogP contribution >= 0.6 is 11.8 Å². The molecule has 2 aliphatic rings. The van der Waals surface area contributed by atoms with Crippen LogP contribution in [0.3, 0.4) is 0 Å². The quantitative estimate of drug-likeness (QED) is 0.522. The van der Waals surface area contributed by atoms with Gasteiger partial charge >= 0.3 is 0 Å². The van der Waals surface area contributed by atoms with Gasteiger partial charge in [-0.25, -0.2) is 0 Å². The van der Waals surface area contributed by atoms with Crippen LogP contribution in [0.15, 0.2) is 11.8 Å². The van der Waals surface area contributed by atoms with E-state index in [-0.39, 0.29) is 11.9 Å². The van der Waals surface area contributed by atoms with Crippen molar-refractivity contribution in [2.24, 2.45) is 0 Å². The van der Waals surface area contributed by atoms with Crippen molar-refractivity contribution in [3.05, 3.63) is 11.8 Å². The van der Waals surface area contributed by atoms with Crippen molar-refractivity contribution in [2.75, 3.05) is 12.3 Å². The second-order valence-corrected chi connectivity index (χ2v) is 6.94. The highest BCUT2D eigenvalue weighted by Crippen LogP contribution is 2.37. The van der Waals surface area contributed by atoms with Gasteiger partial charge in [-0.1, -0.05) is 39.5 Å². The maximum Gasteiger partial charge on any atom is 0.247 e. The van der Waals surface area contributed by atoms with Gasteiger partial charge in [0.1, 0.15) is 11.4 Å². The minimum absolute atomic E-state index is 0.0605. The lowest BCUT2D eigenvalue weighted by molar-refractivity contribution is -0.141. The summed E-state index contributed by atoms with van der Waals surface area (Å²) in [6.07, 6.45) is 10.8. The molecule has 0 aromatic rings. The van der Waals surface area contributed by atoms with Crippen LogP contribution in [0, 0.1) is 0 Å². The van der Waals surface area contributed by atoms with Gasteiger partial charge in [0, 0.05) is 12.0 Å². The fraction of sp³-hybridized carbons (Fsp3) is 0.812. The Morgan fingerprint density at radius 1 is 1.25 bits per heavy atom. The number of amides is 1. The number of thioether (sulfide) groups is 1. The van der Waals surface area contributed by atoms with Crippen LogP contribution in [0.4, 0.5) is 0 Å². The molecule has 1 saturated heterocycles. The first kappa shape index (κ1) is 15.9. The predicted octanol–water partition coefficient (Wildman–Crippen LogP) is 3.51. The summed E-state index contributed by atoms with van der Waals surface area (Å²) >= 11 is 1.93. The maximum atomic E-state index is 12.1. The zero-order valence-corrected chi connectivity index (χ0v) is 13.7. The van der Waals surface area contributed by atoms with Gasteiger partial charge in [-0.05, 0) is 31.4 Å². The summed E-state index contributed by atoms with van der Waals surface area (Å²) in [7, 11) is 0. The molecular weight excluding hydrogens is 268 g/mol. The molecule has 0 aromatic heterocycles. The highest BCUT2D eigenvalue weighted by Gasteiger charge is 2.47.